The number of hydrogen-bond acceptors (Lipinski definition) is 3. The summed E-state index contributed by atoms with van der Waals surface area (Å²) in [5.41, 5.74) is 3.94. The Morgan fingerprint density at radius 1 is 1.30 bits per heavy atom. The van der Waals surface area contributed by atoms with E-state index in [1.54, 1.807) is 0 Å². The smallest absolute Gasteiger partial charge is 0.253 e. The Kier molecular flexibility index (Phi) is 7.86. The largest absolute Gasteiger partial charge is 0.370 e. The summed E-state index contributed by atoms with van der Waals surface area (Å²) in [6.45, 7) is 15.2. The molecule has 2 heterocycles. The van der Waals surface area contributed by atoms with Crippen molar-refractivity contribution >= 4 is 28.2 Å². The van der Waals surface area contributed by atoms with Crippen molar-refractivity contribution < 1.29 is 9.64 Å². The van der Waals surface area contributed by atoms with E-state index in [9.17, 15) is 4.79 Å². The second kappa shape index (κ2) is 10.4. The van der Waals surface area contributed by atoms with E-state index in [2.05, 4.69) is 55.0 Å². The first kappa shape index (κ1) is 22.7. The molecule has 0 spiro atoms. The number of thiocarbonyl (C=S) groups is 1. The number of morpholine rings is 1. The average Bonchev–Trinajstić information content (AvgIpc) is 2.73. The van der Waals surface area contributed by atoms with Crippen LogP contribution in [-0.2, 0) is 11.3 Å². The molecule has 1 aromatic heterocycles. The fourth-order valence-electron chi connectivity index (χ4n) is 3.75. The molecule has 3 rings (SSSR count). The van der Waals surface area contributed by atoms with Gasteiger partial charge in [-0.05, 0) is 54.6 Å². The van der Waals surface area contributed by atoms with Crippen LogP contribution in [0, 0.1) is 19.8 Å². The van der Waals surface area contributed by atoms with Crippen molar-refractivity contribution in [1.82, 2.24) is 15.2 Å². The van der Waals surface area contributed by atoms with Crippen molar-refractivity contribution in [2.45, 2.75) is 34.2 Å². The Hall–Kier alpha value is -1.96. The van der Waals surface area contributed by atoms with Crippen LogP contribution in [0.3, 0.4) is 0 Å². The van der Waals surface area contributed by atoms with Crippen LogP contribution in [-0.4, -0.2) is 60.9 Å². The minimum atomic E-state index is -0.0356. The normalized spacial score (nSPS) is 15.0. The predicted octanol–water partition coefficient (Wildman–Crippen LogP) is 1.39. The molecule has 1 aliphatic heterocycles. The molecule has 7 heteroatoms. The van der Waals surface area contributed by atoms with E-state index in [1.807, 2.05) is 6.07 Å². The first-order valence-electron chi connectivity index (χ1n) is 10.9. The lowest BCUT2D eigenvalue weighted by Gasteiger charge is -2.30. The van der Waals surface area contributed by atoms with Gasteiger partial charge >= 0.3 is 0 Å². The molecule has 1 aromatic carbocycles. The fraction of sp³-hybridized carbons (Fsp3) is 0.565. The highest BCUT2D eigenvalue weighted by atomic mass is 32.1. The van der Waals surface area contributed by atoms with Crippen molar-refractivity contribution in [2.24, 2.45) is 5.92 Å². The Morgan fingerprint density at radius 2 is 2.03 bits per heavy atom. The highest BCUT2D eigenvalue weighted by Gasteiger charge is 2.19. The summed E-state index contributed by atoms with van der Waals surface area (Å²) in [5, 5.41) is 5.16. The van der Waals surface area contributed by atoms with Crippen molar-refractivity contribution in [3.63, 3.8) is 0 Å². The standard InChI is InChI=1S/C23H34N4O2S/c1-16(2)14-24-23(30)27(8-7-26-9-11-29-12-10-26)15-20-13-19-6-5-17(3)18(4)21(19)25-22(20)28/h5-6,13,16H,7-12,14-15H2,1-4H3,(H,24,30)(H,25,28)/p+1. The van der Waals surface area contributed by atoms with Crippen LogP contribution in [0.25, 0.3) is 10.9 Å². The zero-order valence-corrected chi connectivity index (χ0v) is 19.5. The summed E-state index contributed by atoms with van der Waals surface area (Å²) in [7, 11) is 0. The third kappa shape index (κ3) is 5.80. The molecule has 6 nitrogen and oxygen atoms in total. The number of nitrogens with one attached hydrogen (secondary N) is 3. The number of benzene rings is 1. The van der Waals surface area contributed by atoms with Gasteiger partial charge in [-0.1, -0.05) is 26.0 Å². The van der Waals surface area contributed by atoms with Crippen molar-refractivity contribution in [3.8, 4) is 0 Å². The zero-order chi connectivity index (χ0) is 21.7. The average molecular weight is 432 g/mol. The Bertz CT molecular complexity index is 935. The number of hydrogen-bond donors (Lipinski definition) is 3. The molecule has 0 bridgehead atoms. The number of aromatic amines is 1. The molecule has 164 valence electrons. The second-order valence-electron chi connectivity index (χ2n) is 8.71. The number of ether oxygens (including phenoxy) is 1. The van der Waals surface area contributed by atoms with Crippen LogP contribution in [0.4, 0.5) is 0 Å². The summed E-state index contributed by atoms with van der Waals surface area (Å²) in [5.74, 6) is 0.505. The van der Waals surface area contributed by atoms with Gasteiger partial charge in [0.05, 0.1) is 38.4 Å². The minimum Gasteiger partial charge on any atom is -0.370 e. The van der Waals surface area contributed by atoms with E-state index in [-0.39, 0.29) is 5.56 Å². The lowest BCUT2D eigenvalue weighted by Crippen LogP contribution is -3.14. The molecular formula is C23H35N4O2S+. The Balaban J connectivity index is 1.80. The molecule has 30 heavy (non-hydrogen) atoms. The SMILES string of the molecule is Cc1ccc2cc(CN(CC[NH+]3CCOCC3)C(=S)NCC(C)C)c(=O)[nH]c2c1C. The maximum atomic E-state index is 12.9. The van der Waals surface area contributed by atoms with E-state index in [0.717, 1.165) is 73.1 Å². The van der Waals surface area contributed by atoms with Crippen LogP contribution < -0.4 is 15.8 Å². The first-order chi connectivity index (χ1) is 14.3. The van der Waals surface area contributed by atoms with Gasteiger partial charge in [0.1, 0.15) is 13.1 Å². The van der Waals surface area contributed by atoms with Crippen molar-refractivity contribution in [3.05, 3.63) is 45.2 Å². The summed E-state index contributed by atoms with van der Waals surface area (Å²) in [6.07, 6.45) is 0. The summed E-state index contributed by atoms with van der Waals surface area (Å²) in [4.78, 5) is 19.6. The molecule has 3 N–H and O–H groups in total. The molecule has 1 aliphatic rings. The number of aryl methyl sites for hydroxylation is 2. The highest BCUT2D eigenvalue weighted by molar-refractivity contribution is 7.80. The van der Waals surface area contributed by atoms with Crippen molar-refractivity contribution in [1.29, 1.82) is 0 Å². The van der Waals surface area contributed by atoms with Gasteiger partial charge in [0.2, 0.25) is 0 Å². The van der Waals surface area contributed by atoms with E-state index in [4.69, 9.17) is 17.0 Å². The van der Waals surface area contributed by atoms with E-state index >= 15 is 0 Å². The van der Waals surface area contributed by atoms with Gasteiger partial charge < -0.3 is 24.8 Å². The molecule has 0 aliphatic carbocycles. The third-order valence-corrected chi connectivity index (χ3v) is 6.28. The van der Waals surface area contributed by atoms with Gasteiger partial charge in [-0.15, -0.1) is 0 Å². The second-order valence-corrected chi connectivity index (χ2v) is 9.10. The number of nitrogens with zero attached hydrogens (tertiary/aromatic N) is 1. The highest BCUT2D eigenvalue weighted by Crippen LogP contribution is 2.19. The van der Waals surface area contributed by atoms with Crippen LogP contribution in [0.1, 0.15) is 30.5 Å². The molecular weight excluding hydrogens is 396 g/mol. The third-order valence-electron chi connectivity index (χ3n) is 5.87. The molecule has 0 unspecified atom stereocenters. The summed E-state index contributed by atoms with van der Waals surface area (Å²) in [6, 6.07) is 6.20. The molecule has 0 radical (unpaired) electrons. The lowest BCUT2D eigenvalue weighted by atomic mass is 10.0. The Labute approximate surface area is 184 Å². The molecule has 1 fully saturated rings. The maximum Gasteiger partial charge on any atom is 0.253 e. The lowest BCUT2D eigenvalue weighted by molar-refractivity contribution is -0.907. The fourth-order valence-corrected chi connectivity index (χ4v) is 3.99. The number of aromatic nitrogens is 1. The number of H-pyrrole nitrogens is 1. The number of quaternary nitrogens is 1. The quantitative estimate of drug-likeness (QED) is 0.579. The topological polar surface area (TPSA) is 61.8 Å². The Morgan fingerprint density at radius 3 is 2.73 bits per heavy atom. The zero-order valence-electron chi connectivity index (χ0n) is 18.6. The molecule has 0 saturated carbocycles. The number of pyridine rings is 1. The molecule has 0 amide bonds. The van der Waals surface area contributed by atoms with Crippen LogP contribution in [0.2, 0.25) is 0 Å². The molecule has 2 aromatic rings. The minimum absolute atomic E-state index is 0.0356. The van der Waals surface area contributed by atoms with Crippen LogP contribution in [0.15, 0.2) is 23.0 Å². The van der Waals surface area contributed by atoms with Gasteiger partial charge in [-0.25, -0.2) is 0 Å². The van der Waals surface area contributed by atoms with E-state index in [1.165, 1.54) is 10.5 Å². The summed E-state index contributed by atoms with van der Waals surface area (Å²) < 4.78 is 5.47. The van der Waals surface area contributed by atoms with Crippen LogP contribution >= 0.6 is 12.2 Å². The number of fused-ring (bicyclic) bond motifs is 1. The van der Waals surface area contributed by atoms with Gasteiger partial charge in [-0.3, -0.25) is 4.79 Å². The monoisotopic (exact) mass is 431 g/mol. The van der Waals surface area contributed by atoms with Gasteiger partial charge in [0, 0.05) is 12.1 Å². The van der Waals surface area contributed by atoms with E-state index < -0.39 is 0 Å². The maximum absolute atomic E-state index is 12.9. The molecule has 0 atom stereocenters. The van der Waals surface area contributed by atoms with Gasteiger partial charge in [0.25, 0.3) is 5.56 Å². The van der Waals surface area contributed by atoms with Gasteiger partial charge in [-0.2, -0.15) is 0 Å². The van der Waals surface area contributed by atoms with Crippen LogP contribution in [0.5, 0.6) is 0 Å². The summed E-state index contributed by atoms with van der Waals surface area (Å²) >= 11 is 5.71. The van der Waals surface area contributed by atoms with Crippen molar-refractivity contribution in [2.75, 3.05) is 45.9 Å². The van der Waals surface area contributed by atoms with Gasteiger partial charge in [0.15, 0.2) is 5.11 Å². The predicted molar refractivity (Wildman–Crippen MR) is 126 cm³/mol. The first-order valence-corrected chi connectivity index (χ1v) is 11.3. The van der Waals surface area contributed by atoms with E-state index in [0.29, 0.717) is 12.5 Å². The molecule has 1 saturated heterocycles. The number of rotatable bonds is 7.